The number of hydrogen-bond acceptors (Lipinski definition) is 5. The lowest BCUT2D eigenvalue weighted by Gasteiger charge is -2.13. The van der Waals surface area contributed by atoms with Gasteiger partial charge in [0, 0.05) is 22.3 Å². The monoisotopic (exact) mass is 470 g/mol. The van der Waals surface area contributed by atoms with Gasteiger partial charge in [-0.1, -0.05) is 17.7 Å². The number of nitrogens with zero attached hydrogens (tertiary/aromatic N) is 1. The van der Waals surface area contributed by atoms with Crippen molar-refractivity contribution in [1.82, 2.24) is 4.90 Å². The average Bonchev–Trinajstić information content (AvgIpc) is 3.32. The van der Waals surface area contributed by atoms with Crippen LogP contribution in [0.3, 0.4) is 0 Å². The Balaban J connectivity index is 1.45. The number of hydrogen-bond donors (Lipinski definition) is 1. The molecule has 1 N–H and O–H groups in total. The van der Waals surface area contributed by atoms with E-state index >= 15 is 0 Å². The molecule has 162 valence electrons. The van der Waals surface area contributed by atoms with Crippen molar-refractivity contribution in [2.24, 2.45) is 0 Å². The summed E-state index contributed by atoms with van der Waals surface area (Å²) >= 11 is 6.68. The van der Waals surface area contributed by atoms with Crippen LogP contribution in [0.15, 0.2) is 63.9 Å². The summed E-state index contributed by atoms with van der Waals surface area (Å²) in [4.78, 5) is 38.4. The first-order valence-electron chi connectivity index (χ1n) is 9.47. The van der Waals surface area contributed by atoms with Crippen molar-refractivity contribution in [3.8, 4) is 11.3 Å². The molecule has 1 saturated heterocycles. The Bertz CT molecular complexity index is 1250. The molecule has 9 heteroatoms. The Morgan fingerprint density at radius 2 is 1.91 bits per heavy atom. The number of benzene rings is 2. The molecule has 6 nitrogen and oxygen atoms in total. The van der Waals surface area contributed by atoms with Gasteiger partial charge in [-0.25, -0.2) is 4.39 Å². The minimum Gasteiger partial charge on any atom is -0.457 e. The van der Waals surface area contributed by atoms with Gasteiger partial charge in [0.2, 0.25) is 5.91 Å². The lowest BCUT2D eigenvalue weighted by molar-refractivity contribution is -0.127. The minimum absolute atomic E-state index is 0.141. The van der Waals surface area contributed by atoms with Gasteiger partial charge in [-0.2, -0.15) is 0 Å². The van der Waals surface area contributed by atoms with Gasteiger partial charge in [0.25, 0.3) is 11.1 Å². The zero-order chi connectivity index (χ0) is 22.8. The van der Waals surface area contributed by atoms with Gasteiger partial charge in [0.05, 0.1) is 4.91 Å². The van der Waals surface area contributed by atoms with Gasteiger partial charge in [0.15, 0.2) is 0 Å². The SMILES string of the molecule is Cc1ccc(Cl)cc1NC(=O)CN1C(=O)S/C(=C\c2ccc(-c3ccc(F)cc3)o2)C1=O. The molecular weight excluding hydrogens is 455 g/mol. The summed E-state index contributed by atoms with van der Waals surface area (Å²) in [5.41, 5.74) is 1.98. The molecule has 4 rings (SSSR count). The maximum atomic E-state index is 13.1. The highest BCUT2D eigenvalue weighted by Gasteiger charge is 2.36. The van der Waals surface area contributed by atoms with E-state index in [-0.39, 0.29) is 10.7 Å². The number of thioether (sulfide) groups is 1. The van der Waals surface area contributed by atoms with Crippen LogP contribution in [0.4, 0.5) is 14.9 Å². The molecule has 1 aliphatic heterocycles. The fourth-order valence-corrected chi connectivity index (χ4v) is 4.02. The van der Waals surface area contributed by atoms with E-state index in [1.807, 2.05) is 0 Å². The first kappa shape index (κ1) is 21.9. The second-order valence-corrected chi connectivity index (χ2v) is 8.41. The van der Waals surface area contributed by atoms with E-state index in [4.69, 9.17) is 16.0 Å². The summed E-state index contributed by atoms with van der Waals surface area (Å²) in [7, 11) is 0. The first-order valence-corrected chi connectivity index (χ1v) is 10.7. The van der Waals surface area contributed by atoms with Crippen LogP contribution in [0.5, 0.6) is 0 Å². The first-order chi connectivity index (χ1) is 15.3. The Morgan fingerprint density at radius 1 is 1.16 bits per heavy atom. The highest BCUT2D eigenvalue weighted by molar-refractivity contribution is 8.18. The molecule has 32 heavy (non-hydrogen) atoms. The highest BCUT2D eigenvalue weighted by atomic mass is 35.5. The lowest BCUT2D eigenvalue weighted by atomic mass is 10.2. The van der Waals surface area contributed by atoms with Gasteiger partial charge in [-0.3, -0.25) is 19.3 Å². The number of halogens is 2. The highest BCUT2D eigenvalue weighted by Crippen LogP contribution is 2.33. The molecular formula is C23H16ClFN2O4S. The summed E-state index contributed by atoms with van der Waals surface area (Å²) in [6.07, 6.45) is 1.44. The van der Waals surface area contributed by atoms with Crippen molar-refractivity contribution in [2.75, 3.05) is 11.9 Å². The van der Waals surface area contributed by atoms with E-state index in [1.54, 1.807) is 49.4 Å². The summed E-state index contributed by atoms with van der Waals surface area (Å²) in [6.45, 7) is 1.38. The van der Waals surface area contributed by atoms with Crippen molar-refractivity contribution in [2.45, 2.75) is 6.92 Å². The molecule has 0 saturated carbocycles. The third kappa shape index (κ3) is 4.76. The zero-order valence-corrected chi connectivity index (χ0v) is 18.3. The molecule has 2 aromatic carbocycles. The molecule has 1 aromatic heterocycles. The van der Waals surface area contributed by atoms with Crippen LogP contribution in [0, 0.1) is 12.7 Å². The topological polar surface area (TPSA) is 79.6 Å². The summed E-state index contributed by atoms with van der Waals surface area (Å²) in [6, 6.07) is 14.2. The molecule has 0 bridgehead atoms. The maximum absolute atomic E-state index is 13.1. The molecule has 3 aromatic rings. The predicted octanol–water partition coefficient (Wildman–Crippen LogP) is 5.72. The maximum Gasteiger partial charge on any atom is 0.294 e. The van der Waals surface area contributed by atoms with Crippen molar-refractivity contribution in [3.63, 3.8) is 0 Å². The number of anilines is 1. The Labute approximate surface area is 192 Å². The number of carbonyl (C=O) groups is 3. The van der Waals surface area contributed by atoms with E-state index in [2.05, 4.69) is 5.32 Å². The molecule has 1 aliphatic rings. The van der Waals surface area contributed by atoms with Crippen molar-refractivity contribution < 1.29 is 23.2 Å². The average molecular weight is 471 g/mol. The number of rotatable bonds is 5. The lowest BCUT2D eigenvalue weighted by Crippen LogP contribution is -2.36. The fourth-order valence-electron chi connectivity index (χ4n) is 3.03. The Hall–Kier alpha value is -3.36. The number of amides is 3. The van der Waals surface area contributed by atoms with Crippen molar-refractivity contribution in [3.05, 3.63) is 81.7 Å². The molecule has 0 aliphatic carbocycles. The van der Waals surface area contributed by atoms with Gasteiger partial charge in [-0.05, 0) is 72.8 Å². The third-order valence-electron chi connectivity index (χ3n) is 4.68. The van der Waals surface area contributed by atoms with Crippen LogP contribution in [-0.4, -0.2) is 28.5 Å². The summed E-state index contributed by atoms with van der Waals surface area (Å²) in [5, 5.41) is 2.57. The van der Waals surface area contributed by atoms with Gasteiger partial charge >= 0.3 is 0 Å². The van der Waals surface area contributed by atoms with Crippen LogP contribution in [-0.2, 0) is 9.59 Å². The Kier molecular flexibility index (Phi) is 6.16. The number of furan rings is 1. The van der Waals surface area contributed by atoms with Crippen molar-refractivity contribution >= 4 is 52.2 Å². The predicted molar refractivity (Wildman–Crippen MR) is 122 cm³/mol. The van der Waals surface area contributed by atoms with Crippen LogP contribution in [0.2, 0.25) is 5.02 Å². The standard InChI is InChI=1S/C23H16ClFN2O4S/c1-13-2-5-15(24)10-18(13)26-21(28)12-27-22(29)20(32-23(27)30)11-17-8-9-19(31-17)14-3-6-16(25)7-4-14/h2-11H,12H2,1H3,(H,26,28)/b20-11-. The molecule has 2 heterocycles. The van der Waals surface area contributed by atoms with Gasteiger partial charge < -0.3 is 9.73 Å². The number of aryl methyl sites for hydroxylation is 1. The number of imide groups is 1. The van der Waals surface area contributed by atoms with Gasteiger partial charge in [-0.15, -0.1) is 0 Å². The molecule has 0 unspecified atom stereocenters. The fraction of sp³-hybridized carbons (Fsp3) is 0.0870. The molecule has 0 spiro atoms. The van der Waals surface area contributed by atoms with Crippen LogP contribution in [0.1, 0.15) is 11.3 Å². The molecule has 1 fully saturated rings. The smallest absolute Gasteiger partial charge is 0.294 e. The molecule has 3 amide bonds. The summed E-state index contributed by atoms with van der Waals surface area (Å²) < 4.78 is 18.8. The van der Waals surface area contributed by atoms with E-state index in [0.29, 0.717) is 27.8 Å². The largest absolute Gasteiger partial charge is 0.457 e. The second kappa shape index (κ2) is 9.02. The third-order valence-corrected chi connectivity index (χ3v) is 5.82. The normalized spacial score (nSPS) is 15.0. The van der Waals surface area contributed by atoms with Crippen molar-refractivity contribution in [1.29, 1.82) is 0 Å². The number of carbonyl (C=O) groups excluding carboxylic acids is 3. The van der Waals surface area contributed by atoms with Crippen LogP contribution >= 0.6 is 23.4 Å². The summed E-state index contributed by atoms with van der Waals surface area (Å²) in [5.74, 6) is -0.613. The quantitative estimate of drug-likeness (QED) is 0.482. The molecule has 0 radical (unpaired) electrons. The van der Waals surface area contributed by atoms with Crippen LogP contribution in [0.25, 0.3) is 17.4 Å². The zero-order valence-electron chi connectivity index (χ0n) is 16.7. The Morgan fingerprint density at radius 3 is 2.66 bits per heavy atom. The molecule has 0 atom stereocenters. The number of nitrogens with one attached hydrogen (secondary N) is 1. The van der Waals surface area contributed by atoms with Gasteiger partial charge in [0.1, 0.15) is 23.9 Å². The van der Waals surface area contributed by atoms with E-state index in [1.165, 1.54) is 18.2 Å². The van der Waals surface area contributed by atoms with Crippen LogP contribution < -0.4 is 5.32 Å². The van der Waals surface area contributed by atoms with E-state index in [9.17, 15) is 18.8 Å². The second-order valence-electron chi connectivity index (χ2n) is 6.98. The van der Waals surface area contributed by atoms with E-state index in [0.717, 1.165) is 22.2 Å². The van der Waals surface area contributed by atoms with E-state index < -0.39 is 23.6 Å². The minimum atomic E-state index is -0.585.